The first-order chi connectivity index (χ1) is 23.7. The van der Waals surface area contributed by atoms with E-state index in [4.69, 9.17) is 0 Å². The van der Waals surface area contributed by atoms with E-state index in [0.29, 0.717) is 11.1 Å². The lowest BCUT2D eigenvalue weighted by Gasteiger charge is -2.35. The Morgan fingerprint density at radius 3 is 1.65 bits per heavy atom. The van der Waals surface area contributed by atoms with Crippen molar-refractivity contribution in [2.45, 2.75) is 0 Å². The predicted molar refractivity (Wildman–Crippen MR) is 199 cm³/mol. The highest BCUT2D eigenvalue weighted by Gasteiger charge is 2.43. The van der Waals surface area contributed by atoms with Crippen molar-refractivity contribution in [1.82, 2.24) is 4.57 Å². The average Bonchev–Trinajstić information content (AvgIpc) is 3.50. The summed E-state index contributed by atoms with van der Waals surface area (Å²) in [5.41, 5.74) is 6.49. The molecule has 7 aromatic carbocycles. The fourth-order valence-electron chi connectivity index (χ4n) is 7.32. The summed E-state index contributed by atoms with van der Waals surface area (Å²) in [5.74, 6) is 0. The van der Waals surface area contributed by atoms with Crippen LogP contribution in [0.4, 0.5) is 0 Å². The Kier molecular flexibility index (Phi) is 7.27. The van der Waals surface area contributed by atoms with Crippen LogP contribution in [0.15, 0.2) is 176 Å². The van der Waals surface area contributed by atoms with E-state index in [1.54, 1.807) is 0 Å². The quantitative estimate of drug-likeness (QED) is 0.141. The summed E-state index contributed by atoms with van der Waals surface area (Å²) in [4.78, 5) is 0. The Balaban J connectivity index is 1.33. The van der Waals surface area contributed by atoms with Crippen LogP contribution in [-0.2, 0) is 0 Å². The number of nitriles is 2. The molecule has 0 atom stereocenters. The minimum Gasteiger partial charge on any atom is -0.309 e. The Hall–Kier alpha value is -6.46. The fraction of sp³-hybridized carbons (Fsp3) is 0. The highest BCUT2D eigenvalue weighted by molar-refractivity contribution is 7.20. The van der Waals surface area contributed by atoms with Crippen LogP contribution in [0.5, 0.6) is 0 Å². The van der Waals surface area contributed by atoms with Crippen LogP contribution < -0.4 is 20.7 Å². The van der Waals surface area contributed by atoms with Gasteiger partial charge in [0.2, 0.25) is 0 Å². The molecule has 0 radical (unpaired) electrons. The molecule has 0 aliphatic rings. The molecular formula is C44H29N3Si. The zero-order valence-electron chi connectivity index (χ0n) is 26.1. The van der Waals surface area contributed by atoms with E-state index in [1.807, 2.05) is 30.3 Å². The number of para-hydroxylation sites is 1. The third-order valence-electron chi connectivity index (χ3n) is 9.40. The van der Waals surface area contributed by atoms with Gasteiger partial charge in [0.25, 0.3) is 0 Å². The van der Waals surface area contributed by atoms with Crippen LogP contribution in [0.2, 0.25) is 0 Å². The largest absolute Gasteiger partial charge is 0.309 e. The normalized spacial score (nSPS) is 11.3. The lowest BCUT2D eigenvalue weighted by atomic mass is 10.0. The van der Waals surface area contributed by atoms with Gasteiger partial charge in [0.15, 0.2) is 8.07 Å². The van der Waals surface area contributed by atoms with Gasteiger partial charge in [-0.15, -0.1) is 0 Å². The first-order valence-corrected chi connectivity index (χ1v) is 18.0. The molecule has 0 saturated heterocycles. The zero-order valence-corrected chi connectivity index (χ0v) is 27.1. The van der Waals surface area contributed by atoms with Crippen LogP contribution in [0.25, 0.3) is 38.6 Å². The molecule has 3 nitrogen and oxygen atoms in total. The number of aromatic nitrogens is 1. The van der Waals surface area contributed by atoms with Crippen molar-refractivity contribution < 1.29 is 0 Å². The summed E-state index contributed by atoms with van der Waals surface area (Å²) in [5, 5.41) is 27.3. The first kappa shape index (κ1) is 29.0. The summed E-state index contributed by atoms with van der Waals surface area (Å²) in [6.45, 7) is 0. The van der Waals surface area contributed by atoms with Gasteiger partial charge in [0, 0.05) is 16.5 Å². The van der Waals surface area contributed by atoms with Gasteiger partial charge in [-0.25, -0.2) is 0 Å². The molecular weight excluding hydrogens is 599 g/mol. The van der Waals surface area contributed by atoms with Gasteiger partial charge >= 0.3 is 0 Å². The lowest BCUT2D eigenvalue weighted by molar-refractivity contribution is 1.18. The third kappa shape index (κ3) is 4.64. The maximum atomic E-state index is 10.8. The molecule has 0 aliphatic heterocycles. The van der Waals surface area contributed by atoms with Gasteiger partial charge in [-0.2, -0.15) is 10.5 Å². The van der Waals surface area contributed by atoms with Gasteiger partial charge in [-0.05, 0) is 74.3 Å². The van der Waals surface area contributed by atoms with Crippen molar-refractivity contribution in [1.29, 1.82) is 10.5 Å². The molecule has 0 fully saturated rings. The van der Waals surface area contributed by atoms with E-state index in [2.05, 4.69) is 162 Å². The summed E-state index contributed by atoms with van der Waals surface area (Å²) < 4.78 is 2.26. The van der Waals surface area contributed by atoms with Crippen molar-refractivity contribution in [2.75, 3.05) is 0 Å². The Bertz CT molecular complexity index is 2430. The Morgan fingerprint density at radius 2 is 1.02 bits per heavy atom. The molecule has 0 spiro atoms. The zero-order chi connectivity index (χ0) is 32.5. The molecule has 1 aromatic heterocycles. The van der Waals surface area contributed by atoms with Crippen LogP contribution in [0.1, 0.15) is 11.1 Å². The van der Waals surface area contributed by atoms with Gasteiger partial charge in [0.05, 0.1) is 34.3 Å². The number of fused-ring (bicyclic) bond motifs is 3. The van der Waals surface area contributed by atoms with E-state index in [9.17, 15) is 10.5 Å². The van der Waals surface area contributed by atoms with E-state index < -0.39 is 8.07 Å². The number of nitrogens with zero attached hydrogens (tertiary/aromatic N) is 3. The topological polar surface area (TPSA) is 52.5 Å². The molecule has 224 valence electrons. The standard InChI is InChI=1S/C44H29N3Si/c45-30-32-23-25-43-41(27-32)40-21-10-11-22-42(40)47(43)36-14-12-13-33(29-36)34-24-26-44(35(28-34)31-46)48(37-15-4-1-5-16-37,38-17-6-2-7-18-38)39-19-8-3-9-20-39/h1-29H. The van der Waals surface area contributed by atoms with Gasteiger partial charge in [0.1, 0.15) is 0 Å². The second-order valence-corrected chi connectivity index (χ2v) is 15.7. The van der Waals surface area contributed by atoms with Crippen LogP contribution in [0, 0.1) is 22.7 Å². The third-order valence-corrected chi connectivity index (χ3v) is 14.2. The van der Waals surface area contributed by atoms with Crippen molar-refractivity contribution in [3.05, 3.63) is 187 Å². The highest BCUT2D eigenvalue weighted by atomic mass is 28.3. The minimum absolute atomic E-state index is 0.643. The van der Waals surface area contributed by atoms with Crippen molar-refractivity contribution in [3.8, 4) is 29.0 Å². The number of benzene rings is 7. The summed E-state index contributed by atoms with van der Waals surface area (Å²) >= 11 is 0. The molecule has 4 heteroatoms. The molecule has 0 amide bonds. The second-order valence-electron chi connectivity index (χ2n) is 12.0. The van der Waals surface area contributed by atoms with Gasteiger partial charge in [-0.1, -0.05) is 133 Å². The monoisotopic (exact) mass is 627 g/mol. The SMILES string of the molecule is N#Cc1ccc2c(c1)c1ccccc1n2-c1cccc(-c2ccc([Si](c3ccccc3)(c3ccccc3)c3ccccc3)c(C#N)c2)c1. The molecule has 0 unspecified atom stereocenters. The number of rotatable bonds is 6. The molecule has 0 N–H and O–H groups in total. The van der Waals surface area contributed by atoms with E-state index >= 15 is 0 Å². The van der Waals surface area contributed by atoms with Crippen molar-refractivity contribution in [3.63, 3.8) is 0 Å². The van der Waals surface area contributed by atoms with Crippen LogP contribution in [0.3, 0.4) is 0 Å². The minimum atomic E-state index is -2.86. The fourth-order valence-corrected chi connectivity index (χ4v) is 12.2. The molecule has 8 aromatic rings. The second kappa shape index (κ2) is 12.0. The predicted octanol–water partition coefficient (Wildman–Crippen LogP) is 7.57. The van der Waals surface area contributed by atoms with E-state index in [-0.39, 0.29) is 0 Å². The lowest BCUT2D eigenvalue weighted by Crippen LogP contribution is -2.75. The Morgan fingerprint density at radius 1 is 0.438 bits per heavy atom. The number of hydrogen-bond donors (Lipinski definition) is 0. The van der Waals surface area contributed by atoms with Crippen LogP contribution in [-0.4, -0.2) is 12.6 Å². The van der Waals surface area contributed by atoms with Crippen molar-refractivity contribution in [2.24, 2.45) is 0 Å². The Labute approximate surface area is 280 Å². The smallest absolute Gasteiger partial charge is 0.180 e. The van der Waals surface area contributed by atoms with Crippen LogP contribution >= 0.6 is 0 Å². The maximum Gasteiger partial charge on any atom is 0.180 e. The first-order valence-electron chi connectivity index (χ1n) is 16.0. The maximum absolute atomic E-state index is 10.8. The molecule has 0 bridgehead atoms. The molecule has 8 rings (SSSR count). The summed E-state index contributed by atoms with van der Waals surface area (Å²) in [6, 6.07) is 66.1. The highest BCUT2D eigenvalue weighted by Crippen LogP contribution is 2.34. The van der Waals surface area contributed by atoms with E-state index in [1.165, 1.54) is 15.6 Å². The van der Waals surface area contributed by atoms with Gasteiger partial charge < -0.3 is 4.57 Å². The summed E-state index contributed by atoms with van der Waals surface area (Å²) in [7, 11) is -2.86. The van der Waals surface area contributed by atoms with Crippen molar-refractivity contribution >= 4 is 50.6 Å². The molecule has 0 saturated carbocycles. The van der Waals surface area contributed by atoms with E-state index in [0.717, 1.165) is 43.8 Å². The molecule has 48 heavy (non-hydrogen) atoms. The number of hydrogen-bond acceptors (Lipinski definition) is 2. The molecule has 0 aliphatic carbocycles. The molecule has 1 heterocycles. The van der Waals surface area contributed by atoms with Gasteiger partial charge in [-0.3, -0.25) is 0 Å². The summed E-state index contributed by atoms with van der Waals surface area (Å²) in [6.07, 6.45) is 0. The average molecular weight is 628 g/mol.